The molecule has 0 aliphatic rings. The Bertz CT molecular complexity index is 925. The van der Waals surface area contributed by atoms with Crippen molar-refractivity contribution in [1.82, 2.24) is 10.2 Å². The van der Waals surface area contributed by atoms with E-state index in [2.05, 4.69) is 10.2 Å². The quantitative estimate of drug-likeness (QED) is 0.670. The van der Waals surface area contributed by atoms with Gasteiger partial charge in [-0.2, -0.15) is 10.4 Å². The molecule has 0 aliphatic carbocycles. The first-order valence-electron chi connectivity index (χ1n) is 6.11. The zero-order valence-corrected chi connectivity index (χ0v) is 11.0. The summed E-state index contributed by atoms with van der Waals surface area (Å²) in [4.78, 5) is 11.4. The van der Waals surface area contributed by atoms with Gasteiger partial charge in [-0.05, 0) is 30.7 Å². The maximum atomic E-state index is 11.4. The minimum Gasteiger partial charge on any atom is -0.436 e. The molecule has 6 nitrogen and oxygen atoms in total. The molecule has 102 valence electrons. The number of rotatable bonds is 2. The van der Waals surface area contributed by atoms with Gasteiger partial charge in [0.2, 0.25) is 0 Å². The lowest BCUT2D eigenvalue weighted by Crippen LogP contribution is -1.98. The average molecular weight is 279 g/mol. The summed E-state index contributed by atoms with van der Waals surface area (Å²) in [7, 11) is 0. The summed E-state index contributed by atoms with van der Waals surface area (Å²) >= 11 is 0. The number of fused-ring (bicyclic) bond motifs is 1. The molecular weight excluding hydrogens is 270 g/mol. The van der Waals surface area contributed by atoms with E-state index in [1.165, 1.54) is 18.3 Å². The number of hydrogen-bond donors (Lipinski definition) is 0. The average Bonchev–Trinajstić information content (AvgIpc) is 2.47. The second-order valence-corrected chi connectivity index (χ2v) is 4.37. The predicted octanol–water partition coefficient (Wildman–Crippen LogP) is 2.56. The predicted molar refractivity (Wildman–Crippen MR) is 74.0 cm³/mol. The Morgan fingerprint density at radius 1 is 1.29 bits per heavy atom. The van der Waals surface area contributed by atoms with Gasteiger partial charge in [0.1, 0.15) is 23.0 Å². The van der Waals surface area contributed by atoms with E-state index in [0.717, 1.165) is 10.9 Å². The van der Waals surface area contributed by atoms with E-state index in [1.807, 2.05) is 13.0 Å². The number of nitriles is 1. The van der Waals surface area contributed by atoms with E-state index in [1.54, 1.807) is 18.2 Å². The van der Waals surface area contributed by atoms with Gasteiger partial charge in [-0.3, -0.25) is 0 Å². The SMILES string of the molecule is Cc1cc(=O)oc2cc(Oc3nnccc3C#N)ccc12. The maximum Gasteiger partial charge on any atom is 0.336 e. The van der Waals surface area contributed by atoms with Crippen LogP contribution in [0.15, 0.2) is 45.7 Å². The molecule has 3 aromatic rings. The summed E-state index contributed by atoms with van der Waals surface area (Å²) < 4.78 is 10.7. The highest BCUT2D eigenvalue weighted by Crippen LogP contribution is 2.26. The highest BCUT2D eigenvalue weighted by atomic mass is 16.5. The van der Waals surface area contributed by atoms with Crippen molar-refractivity contribution in [2.24, 2.45) is 0 Å². The molecule has 0 saturated heterocycles. The Balaban J connectivity index is 2.06. The van der Waals surface area contributed by atoms with Crippen molar-refractivity contribution in [1.29, 1.82) is 5.26 Å². The second kappa shape index (κ2) is 5.06. The van der Waals surface area contributed by atoms with Gasteiger partial charge in [0, 0.05) is 17.5 Å². The number of nitrogens with zero attached hydrogens (tertiary/aromatic N) is 3. The molecule has 0 atom stereocenters. The molecule has 0 N–H and O–H groups in total. The lowest BCUT2D eigenvalue weighted by Gasteiger charge is -2.06. The lowest BCUT2D eigenvalue weighted by molar-refractivity contribution is 0.452. The highest BCUT2D eigenvalue weighted by molar-refractivity contribution is 5.81. The first-order chi connectivity index (χ1) is 10.2. The molecule has 0 unspecified atom stereocenters. The molecule has 3 rings (SSSR count). The van der Waals surface area contributed by atoms with E-state index in [0.29, 0.717) is 11.3 Å². The Kier molecular flexibility index (Phi) is 3.09. The Morgan fingerprint density at radius 3 is 2.95 bits per heavy atom. The van der Waals surface area contributed by atoms with Crippen LogP contribution in [0.5, 0.6) is 11.6 Å². The summed E-state index contributed by atoms with van der Waals surface area (Å²) in [6.07, 6.45) is 1.41. The molecule has 6 heteroatoms. The van der Waals surface area contributed by atoms with Crippen LogP contribution in [0.25, 0.3) is 11.0 Å². The standard InChI is InChI=1S/C15H9N3O3/c1-9-6-14(19)21-13-7-11(2-3-12(9)13)20-15-10(8-16)4-5-17-18-15/h2-7H,1H3. The van der Waals surface area contributed by atoms with Gasteiger partial charge in [-0.25, -0.2) is 4.79 Å². The van der Waals surface area contributed by atoms with Crippen molar-refractivity contribution < 1.29 is 9.15 Å². The highest BCUT2D eigenvalue weighted by Gasteiger charge is 2.08. The molecule has 0 aliphatic heterocycles. The smallest absolute Gasteiger partial charge is 0.336 e. The topological polar surface area (TPSA) is 89.0 Å². The molecular formula is C15H9N3O3. The molecule has 0 saturated carbocycles. The van der Waals surface area contributed by atoms with Crippen LogP contribution in [0.3, 0.4) is 0 Å². The maximum absolute atomic E-state index is 11.4. The van der Waals surface area contributed by atoms with E-state index >= 15 is 0 Å². The number of hydrogen-bond acceptors (Lipinski definition) is 6. The second-order valence-electron chi connectivity index (χ2n) is 4.37. The molecule has 0 amide bonds. The van der Waals surface area contributed by atoms with Crippen molar-refractivity contribution >= 4 is 11.0 Å². The van der Waals surface area contributed by atoms with Crippen LogP contribution in [0.4, 0.5) is 0 Å². The van der Waals surface area contributed by atoms with Gasteiger partial charge in [-0.15, -0.1) is 5.10 Å². The molecule has 2 aromatic heterocycles. The zero-order valence-electron chi connectivity index (χ0n) is 11.0. The zero-order chi connectivity index (χ0) is 14.8. The minimum absolute atomic E-state index is 0.106. The van der Waals surface area contributed by atoms with E-state index < -0.39 is 5.63 Å². The molecule has 1 aromatic carbocycles. The normalized spacial score (nSPS) is 10.3. The van der Waals surface area contributed by atoms with Gasteiger partial charge in [0.05, 0.1) is 6.20 Å². The van der Waals surface area contributed by atoms with Gasteiger partial charge >= 0.3 is 5.63 Å². The summed E-state index contributed by atoms with van der Waals surface area (Å²) in [6, 6.07) is 9.99. The molecule has 0 bridgehead atoms. The number of aromatic nitrogens is 2. The summed E-state index contributed by atoms with van der Waals surface area (Å²) in [5.41, 5.74) is 1.09. The van der Waals surface area contributed by atoms with Crippen molar-refractivity contribution in [3.8, 4) is 17.7 Å². The fourth-order valence-electron chi connectivity index (χ4n) is 1.96. The molecule has 0 fully saturated rings. The van der Waals surface area contributed by atoms with E-state index in [-0.39, 0.29) is 11.4 Å². The van der Waals surface area contributed by atoms with E-state index in [4.69, 9.17) is 14.4 Å². The summed E-state index contributed by atoms with van der Waals surface area (Å²) in [5.74, 6) is 0.516. The lowest BCUT2D eigenvalue weighted by atomic mass is 10.1. The molecule has 0 radical (unpaired) electrons. The Labute approximate surface area is 119 Å². The van der Waals surface area contributed by atoms with Crippen LogP contribution in [0, 0.1) is 18.3 Å². The van der Waals surface area contributed by atoms with Crippen LogP contribution < -0.4 is 10.4 Å². The third-order valence-corrected chi connectivity index (χ3v) is 2.94. The monoisotopic (exact) mass is 279 g/mol. The molecule has 21 heavy (non-hydrogen) atoms. The fourth-order valence-corrected chi connectivity index (χ4v) is 1.96. The largest absolute Gasteiger partial charge is 0.436 e. The van der Waals surface area contributed by atoms with Crippen molar-refractivity contribution in [2.45, 2.75) is 6.92 Å². The van der Waals surface area contributed by atoms with Crippen LogP contribution in [0.1, 0.15) is 11.1 Å². The number of benzene rings is 1. The third-order valence-electron chi connectivity index (χ3n) is 2.94. The fraction of sp³-hybridized carbons (Fsp3) is 0.0667. The van der Waals surface area contributed by atoms with Crippen molar-refractivity contribution in [2.75, 3.05) is 0 Å². The van der Waals surface area contributed by atoms with Crippen LogP contribution in [0.2, 0.25) is 0 Å². The Morgan fingerprint density at radius 2 is 2.14 bits per heavy atom. The number of aryl methyl sites for hydroxylation is 1. The minimum atomic E-state index is -0.422. The van der Waals surface area contributed by atoms with E-state index in [9.17, 15) is 4.79 Å². The number of ether oxygens (including phenoxy) is 1. The van der Waals surface area contributed by atoms with Gasteiger partial charge in [0.15, 0.2) is 0 Å². The van der Waals surface area contributed by atoms with Crippen LogP contribution in [-0.2, 0) is 0 Å². The van der Waals surface area contributed by atoms with Crippen LogP contribution >= 0.6 is 0 Å². The van der Waals surface area contributed by atoms with Crippen LogP contribution in [-0.4, -0.2) is 10.2 Å². The third kappa shape index (κ3) is 2.44. The van der Waals surface area contributed by atoms with Gasteiger partial charge in [0.25, 0.3) is 5.88 Å². The molecule has 2 heterocycles. The first kappa shape index (κ1) is 12.8. The Hall–Kier alpha value is -3.20. The summed E-state index contributed by atoms with van der Waals surface area (Å²) in [5, 5.41) is 17.3. The first-order valence-corrected chi connectivity index (χ1v) is 6.11. The van der Waals surface area contributed by atoms with Crippen molar-refractivity contribution in [3.05, 3.63) is 58.1 Å². The van der Waals surface area contributed by atoms with Gasteiger partial charge in [-0.1, -0.05) is 0 Å². The van der Waals surface area contributed by atoms with Crippen molar-refractivity contribution in [3.63, 3.8) is 0 Å². The summed E-state index contributed by atoms with van der Waals surface area (Å²) in [6.45, 7) is 1.83. The molecule has 0 spiro atoms. The van der Waals surface area contributed by atoms with Gasteiger partial charge < -0.3 is 9.15 Å².